The minimum Gasteiger partial charge on any atom is -0.378 e. The molecule has 76 valence electrons. The average Bonchev–Trinajstić information content (AvgIpc) is 2.62. The fourth-order valence-electron chi connectivity index (χ4n) is 1.97. The van der Waals surface area contributed by atoms with Gasteiger partial charge in [-0.05, 0) is 22.4 Å². The highest BCUT2D eigenvalue weighted by Gasteiger charge is 2.41. The lowest BCUT2D eigenvalue weighted by Gasteiger charge is -2.36. The van der Waals surface area contributed by atoms with Gasteiger partial charge in [0.1, 0.15) is 6.29 Å². The van der Waals surface area contributed by atoms with Crippen LogP contribution in [0.15, 0.2) is 29.6 Å². The van der Waals surface area contributed by atoms with Gasteiger partial charge in [0.25, 0.3) is 0 Å². The number of carbonyl (C=O) groups is 1. The molecule has 0 atom stereocenters. The van der Waals surface area contributed by atoms with Crippen LogP contribution in [0.5, 0.6) is 0 Å². The highest BCUT2D eigenvalue weighted by Crippen LogP contribution is 2.38. The van der Waals surface area contributed by atoms with E-state index < -0.39 is 0 Å². The first kappa shape index (κ1) is 9.07. The molecular weight excluding hydrogens is 208 g/mol. The predicted molar refractivity (Wildman–Crippen MR) is 60.4 cm³/mol. The van der Waals surface area contributed by atoms with E-state index in [0.29, 0.717) is 13.2 Å². The lowest BCUT2D eigenvalue weighted by atomic mass is 9.80. The van der Waals surface area contributed by atoms with Gasteiger partial charge in [-0.1, -0.05) is 18.2 Å². The molecule has 1 aromatic heterocycles. The first-order valence-corrected chi connectivity index (χ1v) is 5.74. The maximum absolute atomic E-state index is 11.2. The highest BCUT2D eigenvalue weighted by atomic mass is 32.1. The summed E-state index contributed by atoms with van der Waals surface area (Å²) in [5.41, 5.74) is 0.754. The van der Waals surface area contributed by atoms with Crippen LogP contribution >= 0.6 is 11.3 Å². The molecule has 0 spiro atoms. The molecule has 0 amide bonds. The Morgan fingerprint density at radius 2 is 2.13 bits per heavy atom. The van der Waals surface area contributed by atoms with Crippen LogP contribution in [0.2, 0.25) is 0 Å². The summed E-state index contributed by atoms with van der Waals surface area (Å²) in [7, 11) is 0. The van der Waals surface area contributed by atoms with E-state index in [1.54, 1.807) is 11.3 Å². The van der Waals surface area contributed by atoms with Crippen LogP contribution < -0.4 is 0 Å². The smallest absolute Gasteiger partial charge is 0.135 e. The zero-order valence-electron chi connectivity index (χ0n) is 8.10. The molecule has 2 nitrogen and oxygen atoms in total. The Morgan fingerprint density at radius 1 is 1.33 bits per heavy atom. The number of hydrogen-bond acceptors (Lipinski definition) is 3. The number of benzene rings is 1. The number of ether oxygens (including phenoxy) is 1. The first-order chi connectivity index (χ1) is 7.36. The summed E-state index contributed by atoms with van der Waals surface area (Å²) in [4.78, 5) is 11.2. The molecular formula is C12H10O2S. The van der Waals surface area contributed by atoms with Gasteiger partial charge >= 0.3 is 0 Å². The molecule has 3 rings (SSSR count). The number of rotatable bonds is 2. The van der Waals surface area contributed by atoms with Gasteiger partial charge in [-0.3, -0.25) is 0 Å². The maximum Gasteiger partial charge on any atom is 0.135 e. The van der Waals surface area contributed by atoms with Gasteiger partial charge in [0, 0.05) is 4.70 Å². The molecule has 0 N–H and O–H groups in total. The number of carbonyl (C=O) groups excluding carboxylic acids is 1. The van der Waals surface area contributed by atoms with Crippen LogP contribution in [0.1, 0.15) is 5.56 Å². The molecule has 1 aliphatic heterocycles. The summed E-state index contributed by atoms with van der Waals surface area (Å²) >= 11 is 1.69. The lowest BCUT2D eigenvalue weighted by Crippen LogP contribution is -2.47. The van der Waals surface area contributed by atoms with Crippen molar-refractivity contribution in [3.8, 4) is 0 Å². The minimum atomic E-state index is -0.375. The van der Waals surface area contributed by atoms with Crippen LogP contribution in [0, 0.1) is 0 Å². The molecule has 0 bridgehead atoms. The van der Waals surface area contributed by atoms with E-state index in [-0.39, 0.29) is 5.41 Å². The third-order valence-electron chi connectivity index (χ3n) is 2.96. The largest absolute Gasteiger partial charge is 0.378 e. The summed E-state index contributed by atoms with van der Waals surface area (Å²) in [6.45, 7) is 1.05. The standard InChI is InChI=1S/C12H10O2S/c13-6-12(7-14-8-12)10-5-15-11-4-2-1-3-9(10)11/h1-6H,7-8H2. The van der Waals surface area contributed by atoms with E-state index in [0.717, 1.165) is 11.8 Å². The Kier molecular flexibility index (Phi) is 1.90. The Balaban J connectivity index is 2.22. The number of fused-ring (bicyclic) bond motifs is 1. The van der Waals surface area contributed by atoms with Gasteiger partial charge in [-0.15, -0.1) is 11.3 Å². The molecule has 0 aliphatic carbocycles. The van der Waals surface area contributed by atoms with Crippen LogP contribution in [0.4, 0.5) is 0 Å². The summed E-state index contributed by atoms with van der Waals surface area (Å²) in [5.74, 6) is 0. The van der Waals surface area contributed by atoms with Gasteiger partial charge in [-0.2, -0.15) is 0 Å². The lowest BCUT2D eigenvalue weighted by molar-refractivity contribution is -0.129. The van der Waals surface area contributed by atoms with Crippen LogP contribution in [0.25, 0.3) is 10.1 Å². The molecule has 1 aromatic carbocycles. The van der Waals surface area contributed by atoms with Crippen LogP contribution in [-0.4, -0.2) is 19.5 Å². The second kappa shape index (κ2) is 3.15. The van der Waals surface area contributed by atoms with E-state index in [4.69, 9.17) is 4.74 Å². The second-order valence-corrected chi connectivity index (χ2v) is 4.82. The molecule has 0 unspecified atom stereocenters. The van der Waals surface area contributed by atoms with E-state index in [9.17, 15) is 4.79 Å². The Hall–Kier alpha value is -1.19. The summed E-state index contributed by atoms with van der Waals surface area (Å²) in [6.07, 6.45) is 1.03. The fraction of sp³-hybridized carbons (Fsp3) is 0.250. The maximum atomic E-state index is 11.2. The Morgan fingerprint density at radius 3 is 2.80 bits per heavy atom. The highest BCUT2D eigenvalue weighted by molar-refractivity contribution is 7.17. The van der Waals surface area contributed by atoms with E-state index in [1.807, 2.05) is 12.1 Å². The Labute approximate surface area is 91.5 Å². The van der Waals surface area contributed by atoms with Crippen molar-refractivity contribution in [2.45, 2.75) is 5.41 Å². The molecule has 0 radical (unpaired) electrons. The fourth-order valence-corrected chi connectivity index (χ4v) is 3.04. The molecule has 2 aromatic rings. The summed E-state index contributed by atoms with van der Waals surface area (Å²) in [6, 6.07) is 8.19. The zero-order chi connectivity index (χ0) is 10.3. The van der Waals surface area contributed by atoms with Crippen molar-refractivity contribution in [1.82, 2.24) is 0 Å². The SMILES string of the molecule is O=CC1(c2csc3ccccc23)COC1. The number of hydrogen-bond donors (Lipinski definition) is 0. The van der Waals surface area contributed by atoms with Crippen molar-refractivity contribution >= 4 is 27.7 Å². The van der Waals surface area contributed by atoms with Gasteiger partial charge in [0.2, 0.25) is 0 Å². The third kappa shape index (κ3) is 1.17. The van der Waals surface area contributed by atoms with E-state index in [1.165, 1.54) is 10.1 Å². The number of thiophene rings is 1. The van der Waals surface area contributed by atoms with Crippen molar-refractivity contribution in [2.75, 3.05) is 13.2 Å². The molecule has 0 saturated carbocycles. The van der Waals surface area contributed by atoms with Crippen molar-refractivity contribution in [1.29, 1.82) is 0 Å². The van der Waals surface area contributed by atoms with Crippen molar-refractivity contribution in [2.24, 2.45) is 0 Å². The molecule has 3 heteroatoms. The molecule has 1 aliphatic rings. The van der Waals surface area contributed by atoms with Crippen molar-refractivity contribution < 1.29 is 9.53 Å². The summed E-state index contributed by atoms with van der Waals surface area (Å²) < 4.78 is 6.41. The molecule has 15 heavy (non-hydrogen) atoms. The quantitative estimate of drug-likeness (QED) is 0.723. The zero-order valence-corrected chi connectivity index (χ0v) is 8.92. The molecule has 1 fully saturated rings. The van der Waals surface area contributed by atoms with Crippen molar-refractivity contribution in [3.63, 3.8) is 0 Å². The van der Waals surface area contributed by atoms with Gasteiger partial charge in [0.05, 0.1) is 18.6 Å². The van der Waals surface area contributed by atoms with Crippen LogP contribution in [0.3, 0.4) is 0 Å². The van der Waals surface area contributed by atoms with Gasteiger partial charge in [0.15, 0.2) is 0 Å². The van der Waals surface area contributed by atoms with E-state index in [2.05, 4.69) is 17.5 Å². The predicted octanol–water partition coefficient (Wildman–Crippen LogP) is 2.37. The second-order valence-electron chi connectivity index (χ2n) is 3.91. The van der Waals surface area contributed by atoms with Crippen LogP contribution in [-0.2, 0) is 14.9 Å². The molecule has 1 saturated heterocycles. The number of aldehydes is 1. The van der Waals surface area contributed by atoms with E-state index >= 15 is 0 Å². The normalized spacial score (nSPS) is 18.7. The Bertz CT molecular complexity index is 511. The topological polar surface area (TPSA) is 26.3 Å². The first-order valence-electron chi connectivity index (χ1n) is 4.86. The van der Waals surface area contributed by atoms with Gasteiger partial charge < -0.3 is 9.53 Å². The van der Waals surface area contributed by atoms with Gasteiger partial charge in [-0.25, -0.2) is 0 Å². The summed E-state index contributed by atoms with van der Waals surface area (Å²) in [5, 5.41) is 3.28. The monoisotopic (exact) mass is 218 g/mol. The van der Waals surface area contributed by atoms with Crippen molar-refractivity contribution in [3.05, 3.63) is 35.2 Å². The molecule has 2 heterocycles. The third-order valence-corrected chi connectivity index (χ3v) is 3.93. The average molecular weight is 218 g/mol. The minimum absolute atomic E-state index is 0.375.